The highest BCUT2D eigenvalue weighted by molar-refractivity contribution is 5.82. The summed E-state index contributed by atoms with van der Waals surface area (Å²) < 4.78 is 32.3. The first kappa shape index (κ1) is 30.3. The molecule has 0 spiro atoms. The van der Waals surface area contributed by atoms with Crippen LogP contribution < -0.4 is 5.73 Å². The zero-order chi connectivity index (χ0) is 28.3. The number of esters is 2. The summed E-state index contributed by atoms with van der Waals surface area (Å²) in [5, 5.41) is 0. The summed E-state index contributed by atoms with van der Waals surface area (Å²) in [5.74, 6) is 1.55. The molecule has 214 valence electrons. The van der Waals surface area contributed by atoms with Gasteiger partial charge in [-0.15, -0.1) is 6.42 Å². The normalized spacial score (nSPS) is 17.4. The monoisotopic (exact) mass is 545 g/mol. The van der Waals surface area contributed by atoms with Gasteiger partial charge in [0.15, 0.2) is 16.9 Å². The molecule has 3 rings (SSSR count). The van der Waals surface area contributed by atoms with E-state index < -0.39 is 29.5 Å². The topological polar surface area (TPSA) is 131 Å². The van der Waals surface area contributed by atoms with Gasteiger partial charge in [0.25, 0.3) is 0 Å². The summed E-state index contributed by atoms with van der Waals surface area (Å²) in [5.41, 5.74) is 4.92. The van der Waals surface area contributed by atoms with Crippen molar-refractivity contribution in [2.75, 3.05) is 25.6 Å². The van der Waals surface area contributed by atoms with Gasteiger partial charge in [-0.3, -0.25) is 9.59 Å². The predicted molar refractivity (Wildman–Crippen MR) is 144 cm³/mol. The van der Waals surface area contributed by atoms with E-state index in [2.05, 4.69) is 27.8 Å². The van der Waals surface area contributed by atoms with Crippen molar-refractivity contribution in [2.45, 2.75) is 96.6 Å². The molecule has 2 N–H and O–H groups in total. The summed E-state index contributed by atoms with van der Waals surface area (Å²) in [6, 6.07) is -0.224. The molecular formula is C28H40FN5O5. The molecule has 0 radical (unpaired) electrons. The molecule has 10 nitrogen and oxygen atoms in total. The van der Waals surface area contributed by atoms with E-state index in [1.165, 1.54) is 0 Å². The largest absolute Gasteiger partial charge is 0.463 e. The minimum absolute atomic E-state index is 0.0477. The number of fused-ring (bicyclic) bond motifs is 1. The molecule has 1 aliphatic heterocycles. The zero-order valence-corrected chi connectivity index (χ0v) is 23.0. The number of imidazole rings is 1. The number of carbonyl (C=O) groups excluding carboxylic acids is 2. The second-order valence-corrected chi connectivity index (χ2v) is 10.1. The average Bonchev–Trinajstić information content (AvgIpc) is 3.58. The van der Waals surface area contributed by atoms with Crippen LogP contribution in [0.4, 0.5) is 10.2 Å². The summed E-state index contributed by atoms with van der Waals surface area (Å²) >= 11 is 0. The first-order valence-corrected chi connectivity index (χ1v) is 13.9. The van der Waals surface area contributed by atoms with Crippen molar-refractivity contribution in [3.8, 4) is 12.3 Å². The van der Waals surface area contributed by atoms with Crippen LogP contribution in [0.2, 0.25) is 0 Å². The van der Waals surface area contributed by atoms with E-state index in [9.17, 15) is 14.0 Å². The third-order valence-corrected chi connectivity index (χ3v) is 7.13. The maximum atomic E-state index is 14.0. The number of anilines is 1. The minimum Gasteiger partial charge on any atom is -0.463 e. The standard InChI is InChI=1S/C28H40FN5O5/c1-4-7-8-9-10-12-22(35)38-18-28(6-3,26(36)39-21-14-16-37-17-21)15-13-20(11-5-2)34-19-31-23-24(30)32-27(29)33-25(23)34/h3,19-21H,4-5,7-18H2,1-2H3,(H2,30,32,33)/t20-,21?,28+/m1/s1. The molecule has 3 heterocycles. The SMILES string of the molecule is C#C[C@](CC[C@@H](CCC)n1cnc2c(N)nc(F)nc21)(COC(=O)CCCCCCC)C(=O)OC1CCOC1. The molecule has 0 aliphatic carbocycles. The Morgan fingerprint density at radius 3 is 2.74 bits per heavy atom. The lowest BCUT2D eigenvalue weighted by Gasteiger charge is -2.29. The molecule has 1 fully saturated rings. The first-order valence-electron chi connectivity index (χ1n) is 13.9. The van der Waals surface area contributed by atoms with Crippen LogP contribution in [0.3, 0.4) is 0 Å². The average molecular weight is 546 g/mol. The van der Waals surface area contributed by atoms with Gasteiger partial charge in [0.05, 0.1) is 19.5 Å². The molecule has 11 heteroatoms. The van der Waals surface area contributed by atoms with Crippen LogP contribution in [-0.4, -0.2) is 57.4 Å². The van der Waals surface area contributed by atoms with Crippen molar-refractivity contribution in [2.24, 2.45) is 5.41 Å². The third-order valence-electron chi connectivity index (χ3n) is 7.13. The molecule has 0 aromatic carbocycles. The lowest BCUT2D eigenvalue weighted by atomic mass is 9.82. The van der Waals surface area contributed by atoms with E-state index in [-0.39, 0.29) is 37.0 Å². The van der Waals surface area contributed by atoms with Crippen LogP contribution >= 0.6 is 0 Å². The van der Waals surface area contributed by atoms with Crippen LogP contribution in [0, 0.1) is 23.8 Å². The number of rotatable bonds is 16. The Labute approximate surface area is 229 Å². The molecule has 2 aromatic rings. The number of carbonyl (C=O) groups is 2. The van der Waals surface area contributed by atoms with E-state index in [1.54, 1.807) is 10.9 Å². The number of unbranched alkanes of at least 4 members (excludes halogenated alkanes) is 4. The van der Waals surface area contributed by atoms with Crippen molar-refractivity contribution >= 4 is 28.9 Å². The Morgan fingerprint density at radius 1 is 1.26 bits per heavy atom. The Kier molecular flexibility index (Phi) is 11.5. The van der Waals surface area contributed by atoms with Crippen molar-refractivity contribution in [1.29, 1.82) is 0 Å². The lowest BCUT2D eigenvalue weighted by molar-refractivity contribution is -0.164. The second-order valence-electron chi connectivity index (χ2n) is 10.1. The molecule has 39 heavy (non-hydrogen) atoms. The molecule has 0 bridgehead atoms. The second kappa shape index (κ2) is 14.8. The van der Waals surface area contributed by atoms with Gasteiger partial charge >= 0.3 is 18.0 Å². The first-order chi connectivity index (χ1) is 18.8. The van der Waals surface area contributed by atoms with E-state index >= 15 is 0 Å². The van der Waals surface area contributed by atoms with Gasteiger partial charge in [0.2, 0.25) is 0 Å². The summed E-state index contributed by atoms with van der Waals surface area (Å²) in [6.07, 6.45) is 14.0. The summed E-state index contributed by atoms with van der Waals surface area (Å²) in [6.45, 7) is 4.67. The molecule has 0 saturated carbocycles. The van der Waals surface area contributed by atoms with Gasteiger partial charge < -0.3 is 24.5 Å². The number of nitrogen functional groups attached to an aromatic ring is 1. The van der Waals surface area contributed by atoms with Gasteiger partial charge in [-0.05, 0) is 25.7 Å². The van der Waals surface area contributed by atoms with Gasteiger partial charge in [-0.25, -0.2) is 4.98 Å². The van der Waals surface area contributed by atoms with Gasteiger partial charge in [-0.2, -0.15) is 14.4 Å². The fourth-order valence-electron chi connectivity index (χ4n) is 4.77. The zero-order valence-electron chi connectivity index (χ0n) is 23.0. The van der Waals surface area contributed by atoms with E-state index in [0.29, 0.717) is 38.0 Å². The maximum absolute atomic E-state index is 14.0. The Morgan fingerprint density at radius 2 is 2.05 bits per heavy atom. The Bertz CT molecular complexity index is 1140. The summed E-state index contributed by atoms with van der Waals surface area (Å²) in [4.78, 5) is 37.7. The molecule has 3 atom stereocenters. The molecule has 0 amide bonds. The van der Waals surface area contributed by atoms with Crippen LogP contribution in [0.1, 0.15) is 90.5 Å². The molecular weight excluding hydrogens is 505 g/mol. The van der Waals surface area contributed by atoms with Gasteiger partial charge in [-0.1, -0.05) is 51.9 Å². The number of ether oxygens (including phenoxy) is 3. The fraction of sp³-hybridized carbons (Fsp3) is 0.679. The fourth-order valence-corrected chi connectivity index (χ4v) is 4.77. The highest BCUT2D eigenvalue weighted by Crippen LogP contribution is 2.34. The van der Waals surface area contributed by atoms with Crippen molar-refractivity contribution in [1.82, 2.24) is 19.5 Å². The number of hydrogen-bond acceptors (Lipinski definition) is 9. The van der Waals surface area contributed by atoms with Crippen molar-refractivity contribution < 1.29 is 28.2 Å². The number of nitrogens with zero attached hydrogens (tertiary/aromatic N) is 4. The Balaban J connectivity index is 1.77. The molecule has 1 unspecified atom stereocenters. The maximum Gasteiger partial charge on any atom is 0.328 e. The van der Waals surface area contributed by atoms with E-state index in [0.717, 1.165) is 38.5 Å². The predicted octanol–water partition coefficient (Wildman–Crippen LogP) is 4.52. The smallest absolute Gasteiger partial charge is 0.328 e. The lowest BCUT2D eigenvalue weighted by Crippen LogP contribution is -2.39. The van der Waals surface area contributed by atoms with Crippen molar-refractivity contribution in [3.05, 3.63) is 12.4 Å². The van der Waals surface area contributed by atoms with E-state index in [1.807, 2.05) is 6.92 Å². The van der Waals surface area contributed by atoms with Crippen LogP contribution in [-0.2, 0) is 23.8 Å². The highest BCUT2D eigenvalue weighted by atomic mass is 19.1. The number of halogens is 1. The number of hydrogen-bond donors (Lipinski definition) is 1. The highest BCUT2D eigenvalue weighted by Gasteiger charge is 2.42. The van der Waals surface area contributed by atoms with Gasteiger partial charge in [0.1, 0.15) is 18.2 Å². The molecule has 1 aliphatic rings. The molecule has 2 aromatic heterocycles. The number of nitrogens with two attached hydrogens (primary N) is 1. The van der Waals surface area contributed by atoms with Crippen molar-refractivity contribution in [3.63, 3.8) is 0 Å². The van der Waals surface area contributed by atoms with E-state index in [4.69, 9.17) is 26.4 Å². The van der Waals surface area contributed by atoms with Crippen LogP contribution in [0.15, 0.2) is 6.33 Å². The van der Waals surface area contributed by atoms with Crippen LogP contribution in [0.5, 0.6) is 0 Å². The van der Waals surface area contributed by atoms with Crippen LogP contribution in [0.25, 0.3) is 11.2 Å². The summed E-state index contributed by atoms with van der Waals surface area (Å²) in [7, 11) is 0. The quantitative estimate of drug-likeness (QED) is 0.140. The van der Waals surface area contributed by atoms with Gasteiger partial charge in [0, 0.05) is 18.9 Å². The number of terminal acetylenes is 1. The third kappa shape index (κ3) is 8.12. The number of aromatic nitrogens is 4. The Hall–Kier alpha value is -3.26. The molecule has 1 saturated heterocycles. The minimum atomic E-state index is -1.48.